The van der Waals surface area contributed by atoms with Gasteiger partial charge in [0.2, 0.25) is 0 Å². The second-order valence-corrected chi connectivity index (χ2v) is 6.61. The number of halogens is 1. The highest BCUT2D eigenvalue weighted by Gasteiger charge is 2.34. The van der Waals surface area contributed by atoms with Gasteiger partial charge in [-0.05, 0) is 36.3 Å². The molecule has 1 aliphatic rings. The molecule has 0 aliphatic carbocycles. The first-order chi connectivity index (χ1) is 13.0. The van der Waals surface area contributed by atoms with E-state index in [4.69, 9.17) is 9.73 Å². The number of hydrogen-bond donors (Lipinski definition) is 0. The lowest BCUT2D eigenvalue weighted by molar-refractivity contribution is 0.120. The minimum atomic E-state index is -0.456. The van der Waals surface area contributed by atoms with E-state index in [1.54, 1.807) is 24.0 Å². The van der Waals surface area contributed by atoms with Crippen molar-refractivity contribution < 1.29 is 13.9 Å². The van der Waals surface area contributed by atoms with Gasteiger partial charge in [0.05, 0.1) is 18.3 Å². The molecule has 2 aromatic carbocycles. The Kier molecular flexibility index (Phi) is 5.69. The summed E-state index contributed by atoms with van der Waals surface area (Å²) in [5, 5.41) is 0. The summed E-state index contributed by atoms with van der Waals surface area (Å²) in [6, 6.07) is 15.6. The van der Waals surface area contributed by atoms with E-state index in [1.807, 2.05) is 50.3 Å². The standard InChI is InChI=1S/C22H23FN2O2/c1-4-27-22(26)25-20(17-10-12-18(23)13-11-17)14-19(24-21(25)15(2)3)16-8-6-5-7-9-16/h5-15,20H,4H2,1-3H3. The molecule has 0 bridgehead atoms. The maximum Gasteiger partial charge on any atom is 0.416 e. The van der Waals surface area contributed by atoms with Gasteiger partial charge in [0.15, 0.2) is 0 Å². The Morgan fingerprint density at radius 3 is 2.41 bits per heavy atom. The van der Waals surface area contributed by atoms with Gasteiger partial charge in [-0.2, -0.15) is 0 Å². The molecule has 140 valence electrons. The van der Waals surface area contributed by atoms with Crippen LogP contribution in [0.5, 0.6) is 0 Å². The zero-order valence-electron chi connectivity index (χ0n) is 15.7. The van der Waals surface area contributed by atoms with Crippen molar-refractivity contribution in [3.8, 4) is 0 Å². The Labute approximate surface area is 159 Å². The van der Waals surface area contributed by atoms with Gasteiger partial charge in [-0.25, -0.2) is 14.2 Å². The van der Waals surface area contributed by atoms with Crippen molar-refractivity contribution in [1.29, 1.82) is 0 Å². The summed E-state index contributed by atoms with van der Waals surface area (Å²) in [5.74, 6) is 0.316. The van der Waals surface area contributed by atoms with Gasteiger partial charge in [-0.15, -0.1) is 0 Å². The van der Waals surface area contributed by atoms with Crippen LogP contribution in [0.1, 0.15) is 37.9 Å². The third-order valence-electron chi connectivity index (χ3n) is 4.34. The van der Waals surface area contributed by atoms with E-state index in [9.17, 15) is 9.18 Å². The molecule has 5 heteroatoms. The molecular weight excluding hydrogens is 343 g/mol. The Morgan fingerprint density at radius 1 is 1.15 bits per heavy atom. The predicted molar refractivity (Wildman–Crippen MR) is 105 cm³/mol. The van der Waals surface area contributed by atoms with Crippen molar-refractivity contribution in [3.05, 3.63) is 77.6 Å². The lowest BCUT2D eigenvalue weighted by Crippen LogP contribution is -2.43. The number of benzene rings is 2. The van der Waals surface area contributed by atoms with E-state index < -0.39 is 12.1 Å². The summed E-state index contributed by atoms with van der Waals surface area (Å²) in [6.07, 6.45) is 1.47. The Balaban J connectivity index is 2.13. The van der Waals surface area contributed by atoms with Crippen LogP contribution in [-0.2, 0) is 4.74 Å². The number of ether oxygens (including phenoxy) is 1. The summed E-state index contributed by atoms with van der Waals surface area (Å²) in [7, 11) is 0. The summed E-state index contributed by atoms with van der Waals surface area (Å²) >= 11 is 0. The van der Waals surface area contributed by atoms with Gasteiger partial charge in [-0.1, -0.05) is 56.3 Å². The number of carbonyl (C=O) groups is 1. The van der Waals surface area contributed by atoms with Crippen LogP contribution >= 0.6 is 0 Å². The first-order valence-corrected chi connectivity index (χ1v) is 9.08. The van der Waals surface area contributed by atoms with E-state index >= 15 is 0 Å². The molecule has 27 heavy (non-hydrogen) atoms. The first-order valence-electron chi connectivity index (χ1n) is 9.08. The zero-order chi connectivity index (χ0) is 19.4. The third kappa shape index (κ3) is 4.08. The van der Waals surface area contributed by atoms with Gasteiger partial charge >= 0.3 is 6.09 Å². The normalized spacial score (nSPS) is 16.8. The number of hydrogen-bond acceptors (Lipinski definition) is 3. The predicted octanol–water partition coefficient (Wildman–Crippen LogP) is 5.43. The van der Waals surface area contributed by atoms with Gasteiger partial charge in [0.1, 0.15) is 11.7 Å². The molecular formula is C22H23FN2O2. The van der Waals surface area contributed by atoms with Crippen LogP contribution in [-0.4, -0.2) is 23.4 Å². The average molecular weight is 366 g/mol. The van der Waals surface area contributed by atoms with Crippen molar-refractivity contribution in [2.75, 3.05) is 6.61 Å². The Bertz CT molecular complexity index is 858. The van der Waals surface area contributed by atoms with Crippen LogP contribution in [0.3, 0.4) is 0 Å². The molecule has 0 aromatic heterocycles. The van der Waals surface area contributed by atoms with Crippen LogP contribution in [0.2, 0.25) is 0 Å². The van der Waals surface area contributed by atoms with Gasteiger partial charge in [-0.3, -0.25) is 4.90 Å². The smallest absolute Gasteiger partial charge is 0.416 e. The zero-order valence-corrected chi connectivity index (χ0v) is 15.7. The largest absolute Gasteiger partial charge is 0.449 e. The second-order valence-electron chi connectivity index (χ2n) is 6.61. The van der Waals surface area contributed by atoms with Crippen molar-refractivity contribution in [1.82, 2.24) is 4.90 Å². The van der Waals surface area contributed by atoms with Gasteiger partial charge < -0.3 is 4.74 Å². The molecule has 1 atom stereocenters. The van der Waals surface area contributed by atoms with E-state index in [1.165, 1.54) is 12.1 Å². The minimum absolute atomic E-state index is 0.00441. The molecule has 0 fully saturated rings. The highest BCUT2D eigenvalue weighted by molar-refractivity contribution is 6.01. The molecule has 0 N–H and O–H groups in total. The molecule has 4 nitrogen and oxygen atoms in total. The maximum absolute atomic E-state index is 13.4. The molecule has 0 radical (unpaired) electrons. The average Bonchev–Trinajstić information content (AvgIpc) is 2.68. The summed E-state index contributed by atoms with van der Waals surface area (Å²) in [4.78, 5) is 19.0. The lowest BCUT2D eigenvalue weighted by Gasteiger charge is -2.35. The number of rotatable bonds is 4. The first kappa shape index (κ1) is 18.8. The Hall–Kier alpha value is -2.95. The fourth-order valence-corrected chi connectivity index (χ4v) is 3.06. The van der Waals surface area contributed by atoms with E-state index in [-0.39, 0.29) is 18.3 Å². The third-order valence-corrected chi connectivity index (χ3v) is 4.34. The molecule has 1 heterocycles. The van der Waals surface area contributed by atoms with E-state index in [0.29, 0.717) is 5.84 Å². The van der Waals surface area contributed by atoms with Crippen molar-refractivity contribution >= 4 is 17.6 Å². The number of nitrogens with zero attached hydrogens (tertiary/aromatic N) is 2. The summed E-state index contributed by atoms with van der Waals surface area (Å²) < 4.78 is 18.7. The van der Waals surface area contributed by atoms with Crippen LogP contribution in [0.4, 0.5) is 9.18 Å². The molecule has 1 unspecified atom stereocenters. The highest BCUT2D eigenvalue weighted by Crippen LogP contribution is 2.34. The molecule has 0 saturated heterocycles. The second kappa shape index (κ2) is 8.16. The van der Waals surface area contributed by atoms with Crippen LogP contribution in [0.25, 0.3) is 5.70 Å². The minimum Gasteiger partial charge on any atom is -0.449 e. The van der Waals surface area contributed by atoms with Gasteiger partial charge in [0.25, 0.3) is 0 Å². The molecule has 1 aliphatic heterocycles. The van der Waals surface area contributed by atoms with Crippen molar-refractivity contribution in [2.45, 2.75) is 26.8 Å². The molecule has 0 saturated carbocycles. The van der Waals surface area contributed by atoms with Crippen molar-refractivity contribution in [2.24, 2.45) is 10.9 Å². The van der Waals surface area contributed by atoms with E-state index in [2.05, 4.69) is 0 Å². The monoisotopic (exact) mass is 366 g/mol. The van der Waals surface area contributed by atoms with Crippen LogP contribution < -0.4 is 0 Å². The summed E-state index contributed by atoms with van der Waals surface area (Å²) in [5.41, 5.74) is 2.55. The SMILES string of the molecule is CCOC(=O)N1C(C(C)C)=NC(c2ccccc2)=CC1c1ccc(F)cc1. The number of amides is 1. The fraction of sp³-hybridized carbons (Fsp3) is 0.273. The topological polar surface area (TPSA) is 41.9 Å². The molecule has 0 spiro atoms. The molecule has 1 amide bonds. The molecule has 3 rings (SSSR count). The number of amidine groups is 1. The van der Waals surface area contributed by atoms with Crippen LogP contribution in [0.15, 0.2) is 65.7 Å². The van der Waals surface area contributed by atoms with Crippen LogP contribution in [0, 0.1) is 11.7 Å². The molecule has 2 aromatic rings. The Morgan fingerprint density at radius 2 is 1.81 bits per heavy atom. The lowest BCUT2D eigenvalue weighted by atomic mass is 9.98. The summed E-state index contributed by atoms with van der Waals surface area (Å²) in [6.45, 7) is 6.01. The maximum atomic E-state index is 13.4. The fourth-order valence-electron chi connectivity index (χ4n) is 3.06. The number of aliphatic imine (C=N–C) groups is 1. The number of carbonyl (C=O) groups excluding carboxylic acids is 1. The van der Waals surface area contributed by atoms with Crippen molar-refractivity contribution in [3.63, 3.8) is 0 Å². The quantitative estimate of drug-likeness (QED) is 0.723. The van der Waals surface area contributed by atoms with Gasteiger partial charge in [0, 0.05) is 5.92 Å². The van der Waals surface area contributed by atoms with E-state index in [0.717, 1.165) is 16.8 Å². The highest BCUT2D eigenvalue weighted by atomic mass is 19.1.